The second-order valence-electron chi connectivity index (χ2n) is 15.5. The molecular formula is C48H82. The van der Waals surface area contributed by atoms with Gasteiger partial charge in [-0.25, -0.2) is 0 Å². The van der Waals surface area contributed by atoms with Crippen LogP contribution in [0.5, 0.6) is 0 Å². The molecule has 2 rings (SSSR count). The van der Waals surface area contributed by atoms with Crippen molar-refractivity contribution in [3.8, 4) is 11.1 Å². The highest BCUT2D eigenvalue weighted by Gasteiger charge is 2.02. The molecule has 0 saturated carbocycles. The maximum Gasteiger partial charge on any atom is -0.0184 e. The van der Waals surface area contributed by atoms with Gasteiger partial charge >= 0.3 is 0 Å². The van der Waals surface area contributed by atoms with E-state index in [1.165, 1.54) is 241 Å². The van der Waals surface area contributed by atoms with Crippen molar-refractivity contribution in [1.29, 1.82) is 0 Å². The van der Waals surface area contributed by atoms with Gasteiger partial charge in [0.2, 0.25) is 0 Å². The summed E-state index contributed by atoms with van der Waals surface area (Å²) in [5.74, 6) is 0. The maximum atomic E-state index is 2.37. The third-order valence-corrected chi connectivity index (χ3v) is 10.9. The summed E-state index contributed by atoms with van der Waals surface area (Å²) >= 11 is 0. The Morgan fingerprint density at radius 1 is 0.229 bits per heavy atom. The molecule has 48 heavy (non-hydrogen) atoms. The van der Waals surface area contributed by atoms with Crippen LogP contribution in [0.1, 0.15) is 230 Å². The normalized spacial score (nSPS) is 11.5. The molecule has 2 aromatic rings. The standard InChI is InChI=1S/C48H82/c1-3-5-7-9-11-13-15-17-19-21-23-25-27-29-31-33-35-45-37-41-47(42-38-45)48-43-39-46(40-44-48)36-34-32-30-28-26-24-22-20-18-16-14-12-10-8-6-4-2/h37-44H,3-36H2,1-2H3. The van der Waals surface area contributed by atoms with Gasteiger partial charge in [0.25, 0.3) is 0 Å². The molecule has 0 unspecified atom stereocenters. The smallest absolute Gasteiger partial charge is 0.0184 e. The van der Waals surface area contributed by atoms with Crippen molar-refractivity contribution in [1.82, 2.24) is 0 Å². The summed E-state index contributed by atoms with van der Waals surface area (Å²) in [7, 11) is 0. The zero-order valence-electron chi connectivity index (χ0n) is 32.7. The fourth-order valence-electron chi connectivity index (χ4n) is 7.48. The van der Waals surface area contributed by atoms with Gasteiger partial charge in [-0.05, 0) is 47.9 Å². The highest BCUT2D eigenvalue weighted by atomic mass is 14.1. The lowest BCUT2D eigenvalue weighted by Crippen LogP contribution is -1.89. The minimum atomic E-state index is 1.23. The lowest BCUT2D eigenvalue weighted by atomic mass is 9.98. The molecule has 0 fully saturated rings. The highest BCUT2D eigenvalue weighted by Crippen LogP contribution is 2.23. The third kappa shape index (κ3) is 24.6. The monoisotopic (exact) mass is 659 g/mol. The van der Waals surface area contributed by atoms with Crippen LogP contribution in [0.4, 0.5) is 0 Å². The van der Waals surface area contributed by atoms with E-state index in [9.17, 15) is 0 Å². The van der Waals surface area contributed by atoms with E-state index in [0.717, 1.165) is 0 Å². The molecule has 0 aliphatic carbocycles. The van der Waals surface area contributed by atoms with Crippen molar-refractivity contribution >= 4 is 0 Å². The molecular weight excluding hydrogens is 577 g/mol. The largest absolute Gasteiger partial charge is 0.0654 e. The first kappa shape index (κ1) is 42.6. The van der Waals surface area contributed by atoms with Crippen LogP contribution in [0.15, 0.2) is 48.5 Å². The first-order chi connectivity index (χ1) is 23.8. The number of rotatable bonds is 35. The van der Waals surface area contributed by atoms with Gasteiger partial charge in [-0.1, -0.05) is 255 Å². The minimum Gasteiger partial charge on any atom is -0.0654 e. The van der Waals surface area contributed by atoms with Gasteiger partial charge in [0.15, 0.2) is 0 Å². The Bertz CT molecular complexity index is 829. The summed E-state index contributed by atoms with van der Waals surface area (Å²) in [6.45, 7) is 4.61. The lowest BCUT2D eigenvalue weighted by Gasteiger charge is -2.07. The van der Waals surface area contributed by atoms with Gasteiger partial charge in [-0.2, -0.15) is 0 Å². The zero-order valence-corrected chi connectivity index (χ0v) is 32.7. The molecule has 0 N–H and O–H groups in total. The van der Waals surface area contributed by atoms with Crippen molar-refractivity contribution in [3.63, 3.8) is 0 Å². The van der Waals surface area contributed by atoms with Gasteiger partial charge < -0.3 is 0 Å². The summed E-state index contributed by atoms with van der Waals surface area (Å²) in [4.78, 5) is 0. The average Bonchev–Trinajstić information content (AvgIpc) is 3.12. The Balaban J connectivity index is 1.39. The molecule has 0 aliphatic heterocycles. The Kier molecular flexibility index (Phi) is 29.0. The molecule has 0 atom stereocenters. The van der Waals surface area contributed by atoms with Gasteiger partial charge in [0.05, 0.1) is 0 Å². The number of unbranched alkanes of at least 4 members (excludes halogenated alkanes) is 30. The summed E-state index contributed by atoms with van der Waals surface area (Å²) < 4.78 is 0. The Hall–Kier alpha value is -1.56. The molecule has 0 aliphatic rings. The van der Waals surface area contributed by atoms with E-state index in [4.69, 9.17) is 0 Å². The minimum absolute atomic E-state index is 1.23. The van der Waals surface area contributed by atoms with E-state index >= 15 is 0 Å². The summed E-state index contributed by atoms with van der Waals surface area (Å²) in [6, 6.07) is 18.8. The maximum absolute atomic E-state index is 2.37. The molecule has 0 bridgehead atoms. The van der Waals surface area contributed by atoms with Gasteiger partial charge in [0.1, 0.15) is 0 Å². The van der Waals surface area contributed by atoms with Crippen LogP contribution in [0.25, 0.3) is 11.1 Å². The van der Waals surface area contributed by atoms with E-state index < -0.39 is 0 Å². The molecule has 0 heteroatoms. The fourth-order valence-corrected chi connectivity index (χ4v) is 7.48. The van der Waals surface area contributed by atoms with E-state index in [2.05, 4.69) is 62.4 Å². The quantitative estimate of drug-likeness (QED) is 0.0647. The van der Waals surface area contributed by atoms with Crippen molar-refractivity contribution < 1.29 is 0 Å². The van der Waals surface area contributed by atoms with Crippen molar-refractivity contribution in [2.45, 2.75) is 232 Å². The van der Waals surface area contributed by atoms with Crippen LogP contribution in [-0.4, -0.2) is 0 Å². The van der Waals surface area contributed by atoms with Gasteiger partial charge in [0, 0.05) is 0 Å². The zero-order chi connectivity index (χ0) is 34.0. The molecule has 0 nitrogen and oxygen atoms in total. The summed E-state index contributed by atoms with van der Waals surface area (Å²) in [5.41, 5.74) is 5.73. The van der Waals surface area contributed by atoms with Crippen LogP contribution >= 0.6 is 0 Å². The second kappa shape index (κ2) is 32.6. The van der Waals surface area contributed by atoms with Crippen LogP contribution in [0, 0.1) is 0 Å². The van der Waals surface area contributed by atoms with E-state index in [0.29, 0.717) is 0 Å². The van der Waals surface area contributed by atoms with Crippen molar-refractivity contribution in [2.75, 3.05) is 0 Å². The Morgan fingerprint density at radius 3 is 0.625 bits per heavy atom. The van der Waals surface area contributed by atoms with Crippen molar-refractivity contribution in [2.24, 2.45) is 0 Å². The van der Waals surface area contributed by atoms with Crippen LogP contribution in [0.3, 0.4) is 0 Å². The molecule has 0 saturated heterocycles. The molecule has 274 valence electrons. The SMILES string of the molecule is CCCCCCCCCCCCCCCCCCc1ccc(-c2ccc(CCCCCCCCCCCCCCCCCC)cc2)cc1. The number of hydrogen-bond acceptors (Lipinski definition) is 0. The molecule has 0 amide bonds. The van der Waals surface area contributed by atoms with Crippen LogP contribution in [-0.2, 0) is 12.8 Å². The molecule has 0 radical (unpaired) electrons. The lowest BCUT2D eigenvalue weighted by molar-refractivity contribution is 0.529. The van der Waals surface area contributed by atoms with Gasteiger partial charge in [-0.3, -0.25) is 0 Å². The Labute approximate surface area is 302 Å². The van der Waals surface area contributed by atoms with Crippen LogP contribution in [0.2, 0.25) is 0 Å². The predicted molar refractivity (Wildman–Crippen MR) is 218 cm³/mol. The topological polar surface area (TPSA) is 0 Å². The van der Waals surface area contributed by atoms with Crippen molar-refractivity contribution in [3.05, 3.63) is 59.7 Å². The number of hydrogen-bond donors (Lipinski definition) is 0. The molecule has 0 aromatic heterocycles. The molecule has 0 heterocycles. The fraction of sp³-hybridized carbons (Fsp3) is 0.750. The van der Waals surface area contributed by atoms with E-state index in [-0.39, 0.29) is 0 Å². The summed E-state index contributed by atoms with van der Waals surface area (Å²) in [6.07, 6.45) is 48.5. The number of aryl methyl sites for hydroxylation is 2. The Morgan fingerprint density at radius 2 is 0.417 bits per heavy atom. The summed E-state index contributed by atoms with van der Waals surface area (Å²) in [5, 5.41) is 0. The van der Waals surface area contributed by atoms with E-state index in [1.807, 2.05) is 0 Å². The number of benzene rings is 2. The molecule has 2 aromatic carbocycles. The first-order valence-corrected chi connectivity index (χ1v) is 22.0. The van der Waals surface area contributed by atoms with E-state index in [1.54, 1.807) is 0 Å². The first-order valence-electron chi connectivity index (χ1n) is 22.0. The van der Waals surface area contributed by atoms with Crippen LogP contribution < -0.4 is 0 Å². The average molecular weight is 659 g/mol. The molecule has 0 spiro atoms. The predicted octanol–water partition coefficient (Wildman–Crippen LogP) is 17.0. The second-order valence-corrected chi connectivity index (χ2v) is 15.5. The highest BCUT2D eigenvalue weighted by molar-refractivity contribution is 5.64. The van der Waals surface area contributed by atoms with Gasteiger partial charge in [-0.15, -0.1) is 0 Å². The third-order valence-electron chi connectivity index (χ3n) is 10.9.